The first-order valence-electron chi connectivity index (χ1n) is 5.62. The Hall–Kier alpha value is -0.500. The highest BCUT2D eigenvalue weighted by molar-refractivity contribution is 9.08. The number of rotatable bonds is 2. The Morgan fingerprint density at radius 3 is 2.40 bits per heavy atom. The maximum Gasteiger partial charge on any atom is 0.0368 e. The van der Waals surface area contributed by atoms with Gasteiger partial charge in [0, 0.05) is 23.6 Å². The summed E-state index contributed by atoms with van der Waals surface area (Å²) in [5.74, 6) is 0.829. The van der Waals surface area contributed by atoms with Crippen molar-refractivity contribution >= 4 is 21.6 Å². The molecule has 0 spiro atoms. The van der Waals surface area contributed by atoms with Crippen molar-refractivity contribution in [2.24, 2.45) is 5.92 Å². The molecule has 1 aromatic rings. The van der Waals surface area contributed by atoms with Gasteiger partial charge in [0.25, 0.3) is 0 Å². The third kappa shape index (κ3) is 2.36. The van der Waals surface area contributed by atoms with E-state index in [2.05, 4.69) is 58.9 Å². The van der Waals surface area contributed by atoms with E-state index in [1.54, 1.807) is 0 Å². The van der Waals surface area contributed by atoms with Crippen molar-refractivity contribution in [3.8, 4) is 0 Å². The van der Waals surface area contributed by atoms with Crippen molar-refractivity contribution in [3.63, 3.8) is 0 Å². The first-order valence-corrected chi connectivity index (χ1v) is 6.74. The lowest BCUT2D eigenvalue weighted by Crippen LogP contribution is -2.26. The highest BCUT2D eigenvalue weighted by Gasteiger charge is 2.25. The second-order valence-electron chi connectivity index (χ2n) is 4.64. The summed E-state index contributed by atoms with van der Waals surface area (Å²) >= 11 is 3.47. The second kappa shape index (κ2) is 4.56. The van der Waals surface area contributed by atoms with Crippen molar-refractivity contribution in [3.05, 3.63) is 29.8 Å². The maximum absolute atomic E-state index is 3.47. The predicted octanol–water partition coefficient (Wildman–Crippen LogP) is 3.82. The van der Waals surface area contributed by atoms with Crippen molar-refractivity contribution in [1.29, 1.82) is 0 Å². The van der Waals surface area contributed by atoms with Crippen LogP contribution in [0.5, 0.6) is 0 Å². The minimum atomic E-state index is 0.690. The van der Waals surface area contributed by atoms with Gasteiger partial charge in [0.15, 0.2) is 0 Å². The van der Waals surface area contributed by atoms with E-state index in [0.717, 1.165) is 11.2 Å². The molecule has 0 amide bonds. The minimum absolute atomic E-state index is 0.690. The summed E-state index contributed by atoms with van der Waals surface area (Å²) in [5, 5.41) is 0.944. The van der Waals surface area contributed by atoms with Crippen LogP contribution in [0.4, 0.5) is 5.69 Å². The van der Waals surface area contributed by atoms with Gasteiger partial charge in [-0.05, 0) is 37.0 Å². The lowest BCUT2D eigenvalue weighted by Gasteiger charge is -2.24. The molecule has 0 aromatic heterocycles. The molecule has 2 unspecified atom stereocenters. The van der Waals surface area contributed by atoms with Crippen LogP contribution in [0, 0.1) is 5.92 Å². The molecule has 1 saturated heterocycles. The first-order chi connectivity index (χ1) is 7.20. The number of hydrogen-bond donors (Lipinski definition) is 0. The molecule has 0 saturated carbocycles. The summed E-state index contributed by atoms with van der Waals surface area (Å²) in [5.41, 5.74) is 2.72. The number of halogens is 1. The Labute approximate surface area is 101 Å². The summed E-state index contributed by atoms with van der Waals surface area (Å²) in [6.45, 7) is 5.86. The molecule has 0 N–H and O–H groups in total. The smallest absolute Gasteiger partial charge is 0.0368 e. The third-order valence-corrected chi connectivity index (χ3v) is 3.85. The molecule has 2 atom stereocenters. The fourth-order valence-electron chi connectivity index (χ4n) is 2.44. The van der Waals surface area contributed by atoms with Gasteiger partial charge in [-0.3, -0.25) is 0 Å². The molecule has 82 valence electrons. The van der Waals surface area contributed by atoms with Crippen molar-refractivity contribution in [2.45, 2.75) is 31.6 Å². The van der Waals surface area contributed by atoms with E-state index in [-0.39, 0.29) is 0 Å². The van der Waals surface area contributed by atoms with Gasteiger partial charge in [-0.25, -0.2) is 0 Å². The lowest BCUT2D eigenvalue weighted by atomic mass is 10.1. The average Bonchev–Trinajstić information content (AvgIpc) is 2.58. The molecule has 1 nitrogen and oxygen atoms in total. The van der Waals surface area contributed by atoms with Gasteiger partial charge in [-0.1, -0.05) is 35.0 Å². The molecular weight excluding hydrogens is 250 g/mol. The summed E-state index contributed by atoms with van der Waals surface area (Å²) in [6, 6.07) is 9.59. The van der Waals surface area contributed by atoms with E-state index >= 15 is 0 Å². The van der Waals surface area contributed by atoms with Gasteiger partial charge in [-0.15, -0.1) is 0 Å². The molecule has 2 heteroatoms. The lowest BCUT2D eigenvalue weighted by molar-refractivity contribution is 0.625. The van der Waals surface area contributed by atoms with E-state index in [0.29, 0.717) is 6.04 Å². The summed E-state index contributed by atoms with van der Waals surface area (Å²) in [6.07, 6.45) is 1.32. The Balaban J connectivity index is 2.15. The number of benzene rings is 1. The topological polar surface area (TPSA) is 3.24 Å². The van der Waals surface area contributed by atoms with E-state index in [4.69, 9.17) is 0 Å². The Morgan fingerprint density at radius 2 is 1.93 bits per heavy atom. The summed E-state index contributed by atoms with van der Waals surface area (Å²) in [7, 11) is 0. The zero-order valence-corrected chi connectivity index (χ0v) is 11.0. The van der Waals surface area contributed by atoms with Crippen LogP contribution < -0.4 is 4.90 Å². The van der Waals surface area contributed by atoms with Crippen molar-refractivity contribution < 1.29 is 0 Å². The van der Waals surface area contributed by atoms with E-state index in [9.17, 15) is 0 Å². The van der Waals surface area contributed by atoms with E-state index in [1.165, 1.54) is 24.2 Å². The van der Waals surface area contributed by atoms with Gasteiger partial charge in [0.2, 0.25) is 0 Å². The van der Waals surface area contributed by atoms with Gasteiger partial charge >= 0.3 is 0 Å². The molecule has 15 heavy (non-hydrogen) atoms. The number of hydrogen-bond acceptors (Lipinski definition) is 1. The van der Waals surface area contributed by atoms with E-state index in [1.807, 2.05) is 0 Å². The van der Waals surface area contributed by atoms with Crippen LogP contribution in [0.2, 0.25) is 0 Å². The second-order valence-corrected chi connectivity index (χ2v) is 5.20. The fraction of sp³-hybridized carbons (Fsp3) is 0.538. The van der Waals surface area contributed by atoms with Gasteiger partial charge in [-0.2, -0.15) is 0 Å². The largest absolute Gasteiger partial charge is 0.369 e. The number of anilines is 1. The predicted molar refractivity (Wildman–Crippen MR) is 69.7 cm³/mol. The number of nitrogens with zero attached hydrogens (tertiary/aromatic N) is 1. The standard InChI is InChI=1S/C13H18BrN/c1-10-7-11(2)15(9-10)13-5-3-12(8-14)4-6-13/h3-6,10-11H,7-9H2,1-2H3. The Morgan fingerprint density at radius 1 is 1.27 bits per heavy atom. The Bertz CT molecular complexity index is 320. The highest BCUT2D eigenvalue weighted by atomic mass is 79.9. The van der Waals surface area contributed by atoms with Gasteiger partial charge in [0.05, 0.1) is 0 Å². The molecule has 1 aliphatic rings. The van der Waals surface area contributed by atoms with Crippen molar-refractivity contribution in [2.75, 3.05) is 11.4 Å². The van der Waals surface area contributed by atoms with Crippen LogP contribution in [0.3, 0.4) is 0 Å². The van der Waals surface area contributed by atoms with Crippen LogP contribution in [-0.4, -0.2) is 12.6 Å². The molecular formula is C13H18BrN. The van der Waals surface area contributed by atoms with Crippen molar-refractivity contribution in [1.82, 2.24) is 0 Å². The maximum atomic E-state index is 3.47. The van der Waals surface area contributed by atoms with E-state index < -0.39 is 0 Å². The quantitative estimate of drug-likeness (QED) is 0.737. The normalized spacial score (nSPS) is 25.9. The van der Waals surface area contributed by atoms with Crippen LogP contribution in [-0.2, 0) is 5.33 Å². The van der Waals surface area contributed by atoms with Crippen LogP contribution >= 0.6 is 15.9 Å². The molecule has 0 bridgehead atoms. The van der Waals surface area contributed by atoms with Gasteiger partial charge in [0.1, 0.15) is 0 Å². The third-order valence-electron chi connectivity index (χ3n) is 3.21. The van der Waals surface area contributed by atoms with Crippen LogP contribution in [0.25, 0.3) is 0 Å². The highest BCUT2D eigenvalue weighted by Crippen LogP contribution is 2.28. The molecule has 1 heterocycles. The SMILES string of the molecule is CC1CC(C)N(c2ccc(CBr)cc2)C1. The summed E-state index contributed by atoms with van der Waals surface area (Å²) < 4.78 is 0. The minimum Gasteiger partial charge on any atom is -0.369 e. The van der Waals surface area contributed by atoms with Crippen LogP contribution in [0.15, 0.2) is 24.3 Å². The molecule has 0 aliphatic carbocycles. The Kier molecular flexibility index (Phi) is 3.35. The molecule has 2 rings (SSSR count). The fourth-order valence-corrected chi connectivity index (χ4v) is 2.81. The average molecular weight is 268 g/mol. The molecule has 1 fully saturated rings. The zero-order valence-electron chi connectivity index (χ0n) is 9.41. The molecule has 0 radical (unpaired) electrons. The molecule has 1 aliphatic heterocycles. The zero-order chi connectivity index (χ0) is 10.8. The number of alkyl halides is 1. The monoisotopic (exact) mass is 267 g/mol. The molecule has 1 aromatic carbocycles. The van der Waals surface area contributed by atoms with Gasteiger partial charge < -0.3 is 4.90 Å². The first kappa shape index (κ1) is 11.0. The van der Waals surface area contributed by atoms with Crippen LogP contribution in [0.1, 0.15) is 25.8 Å². The summed E-state index contributed by atoms with van der Waals surface area (Å²) in [4.78, 5) is 2.52.